The summed E-state index contributed by atoms with van der Waals surface area (Å²) in [7, 11) is 1.62. The number of nitrogens with zero attached hydrogens (tertiary/aromatic N) is 1. The molecule has 0 amide bonds. The number of nitrogens with one attached hydrogen (secondary N) is 1. The van der Waals surface area contributed by atoms with Crippen LogP contribution >= 0.6 is 0 Å². The average Bonchev–Trinajstić information content (AvgIpc) is 2.92. The molecule has 0 bridgehead atoms. The molecule has 0 radical (unpaired) electrons. The van der Waals surface area contributed by atoms with E-state index in [-0.39, 0.29) is 0 Å². The van der Waals surface area contributed by atoms with E-state index in [1.54, 1.807) is 13.2 Å². The van der Waals surface area contributed by atoms with Crippen LogP contribution in [0.2, 0.25) is 0 Å². The minimum atomic E-state index is -0.553. The van der Waals surface area contributed by atoms with Gasteiger partial charge in [-0.3, -0.25) is 0 Å². The number of aliphatic hydroxyl groups excluding tert-OH is 1. The summed E-state index contributed by atoms with van der Waals surface area (Å²) in [5, 5.41) is 16.8. The van der Waals surface area contributed by atoms with E-state index < -0.39 is 6.10 Å². The second-order valence-corrected chi connectivity index (χ2v) is 3.91. The van der Waals surface area contributed by atoms with E-state index in [4.69, 9.17) is 9.26 Å². The lowest BCUT2D eigenvalue weighted by molar-refractivity contribution is 0.174. The summed E-state index contributed by atoms with van der Waals surface area (Å²) in [6.45, 7) is 1.03. The first-order chi connectivity index (χ1) is 8.79. The highest BCUT2D eigenvalue weighted by atomic mass is 16.5. The Balaban J connectivity index is 1.81. The molecule has 0 spiro atoms. The highest BCUT2D eigenvalue weighted by Crippen LogP contribution is 2.16. The molecular weight excluding hydrogens is 232 g/mol. The summed E-state index contributed by atoms with van der Waals surface area (Å²) in [6, 6.07) is 9.14. The third-order valence-corrected chi connectivity index (χ3v) is 2.64. The maximum Gasteiger partial charge on any atom is 0.124 e. The van der Waals surface area contributed by atoms with Gasteiger partial charge >= 0.3 is 0 Å². The van der Waals surface area contributed by atoms with Gasteiger partial charge in [0.05, 0.1) is 18.9 Å². The van der Waals surface area contributed by atoms with Crippen molar-refractivity contribution in [2.75, 3.05) is 13.7 Å². The van der Waals surface area contributed by atoms with Crippen molar-refractivity contribution >= 4 is 0 Å². The van der Waals surface area contributed by atoms with Gasteiger partial charge in [0.15, 0.2) is 0 Å². The van der Waals surface area contributed by atoms with E-state index in [1.807, 2.05) is 24.3 Å². The van der Waals surface area contributed by atoms with E-state index in [2.05, 4.69) is 10.5 Å². The van der Waals surface area contributed by atoms with Crippen molar-refractivity contribution < 1.29 is 14.4 Å². The van der Waals surface area contributed by atoms with Crippen LogP contribution in [0.4, 0.5) is 0 Å². The van der Waals surface area contributed by atoms with Crippen molar-refractivity contribution in [3.05, 3.63) is 47.9 Å². The first kappa shape index (κ1) is 12.6. The van der Waals surface area contributed by atoms with Gasteiger partial charge in [-0.05, 0) is 17.7 Å². The number of rotatable bonds is 6. The number of methoxy groups -OCH3 is 1. The van der Waals surface area contributed by atoms with E-state index >= 15 is 0 Å². The lowest BCUT2D eigenvalue weighted by Crippen LogP contribution is -2.21. The minimum absolute atomic E-state index is 0.458. The molecule has 1 aromatic carbocycles. The van der Waals surface area contributed by atoms with Crippen LogP contribution in [0.25, 0.3) is 0 Å². The molecule has 2 aromatic rings. The Labute approximate surface area is 105 Å². The molecule has 1 aromatic heterocycles. The van der Waals surface area contributed by atoms with Crippen molar-refractivity contribution in [2.24, 2.45) is 0 Å². The quantitative estimate of drug-likeness (QED) is 0.811. The van der Waals surface area contributed by atoms with Gasteiger partial charge in [-0.2, -0.15) is 0 Å². The molecule has 0 aliphatic carbocycles. The topological polar surface area (TPSA) is 67.5 Å². The fraction of sp³-hybridized carbons (Fsp3) is 0.308. The van der Waals surface area contributed by atoms with Crippen molar-refractivity contribution in [1.29, 1.82) is 0 Å². The molecule has 1 unspecified atom stereocenters. The van der Waals surface area contributed by atoms with Crippen LogP contribution in [-0.4, -0.2) is 23.9 Å². The molecule has 0 fully saturated rings. The SMILES string of the molecule is COc1ccc(C(O)CNCc2ccon2)cc1. The fourth-order valence-electron chi connectivity index (χ4n) is 1.61. The Kier molecular flexibility index (Phi) is 4.33. The molecule has 2 rings (SSSR count). The van der Waals surface area contributed by atoms with Crippen LogP contribution in [0.15, 0.2) is 41.1 Å². The molecule has 0 aliphatic rings. The van der Waals surface area contributed by atoms with Gasteiger partial charge in [0.1, 0.15) is 12.0 Å². The Morgan fingerprint density at radius 2 is 2.11 bits per heavy atom. The van der Waals surface area contributed by atoms with Crippen LogP contribution in [0.1, 0.15) is 17.4 Å². The van der Waals surface area contributed by atoms with E-state index in [9.17, 15) is 5.11 Å². The largest absolute Gasteiger partial charge is 0.497 e. The summed E-state index contributed by atoms with van der Waals surface area (Å²) in [5.74, 6) is 0.779. The number of hydrogen-bond donors (Lipinski definition) is 2. The Bertz CT molecular complexity index is 454. The van der Waals surface area contributed by atoms with Crippen molar-refractivity contribution in [1.82, 2.24) is 10.5 Å². The summed E-state index contributed by atoms with van der Waals surface area (Å²) in [4.78, 5) is 0. The second kappa shape index (κ2) is 6.18. The summed E-state index contributed by atoms with van der Waals surface area (Å²) in [5.41, 5.74) is 1.67. The van der Waals surface area contributed by atoms with Gasteiger partial charge in [0.25, 0.3) is 0 Å². The van der Waals surface area contributed by atoms with E-state index in [0.29, 0.717) is 13.1 Å². The van der Waals surface area contributed by atoms with E-state index in [0.717, 1.165) is 17.0 Å². The number of aromatic nitrogens is 1. The summed E-state index contributed by atoms with van der Waals surface area (Å²) < 4.78 is 9.78. The second-order valence-electron chi connectivity index (χ2n) is 3.91. The van der Waals surface area contributed by atoms with Gasteiger partial charge in [0.2, 0.25) is 0 Å². The van der Waals surface area contributed by atoms with Gasteiger partial charge < -0.3 is 19.7 Å². The van der Waals surface area contributed by atoms with Crippen LogP contribution in [0.3, 0.4) is 0 Å². The lowest BCUT2D eigenvalue weighted by Gasteiger charge is -2.12. The minimum Gasteiger partial charge on any atom is -0.497 e. The number of benzene rings is 1. The smallest absolute Gasteiger partial charge is 0.124 e. The highest BCUT2D eigenvalue weighted by Gasteiger charge is 2.07. The molecule has 0 aliphatic heterocycles. The first-order valence-corrected chi connectivity index (χ1v) is 5.71. The van der Waals surface area contributed by atoms with Crippen molar-refractivity contribution in [2.45, 2.75) is 12.6 Å². The Morgan fingerprint density at radius 1 is 1.33 bits per heavy atom. The zero-order valence-corrected chi connectivity index (χ0v) is 10.2. The summed E-state index contributed by atoms with van der Waals surface area (Å²) >= 11 is 0. The first-order valence-electron chi connectivity index (χ1n) is 5.71. The number of hydrogen-bond acceptors (Lipinski definition) is 5. The van der Waals surface area contributed by atoms with Crippen molar-refractivity contribution in [3.63, 3.8) is 0 Å². The Hall–Kier alpha value is -1.85. The molecule has 96 valence electrons. The molecular formula is C13H16N2O3. The molecule has 18 heavy (non-hydrogen) atoms. The molecule has 5 nitrogen and oxygen atoms in total. The zero-order valence-electron chi connectivity index (χ0n) is 10.2. The van der Waals surface area contributed by atoms with Crippen LogP contribution in [-0.2, 0) is 6.54 Å². The third kappa shape index (κ3) is 3.32. The van der Waals surface area contributed by atoms with Crippen molar-refractivity contribution in [3.8, 4) is 5.75 Å². The van der Waals surface area contributed by atoms with Crippen LogP contribution < -0.4 is 10.1 Å². The van der Waals surface area contributed by atoms with E-state index in [1.165, 1.54) is 6.26 Å². The zero-order chi connectivity index (χ0) is 12.8. The molecule has 1 heterocycles. The molecule has 2 N–H and O–H groups in total. The Morgan fingerprint density at radius 3 is 2.72 bits per heavy atom. The molecule has 1 atom stereocenters. The predicted octanol–water partition coefficient (Wildman–Crippen LogP) is 1.51. The fourth-order valence-corrected chi connectivity index (χ4v) is 1.61. The van der Waals surface area contributed by atoms with Gasteiger partial charge in [-0.25, -0.2) is 0 Å². The standard InChI is InChI=1S/C13H16N2O3/c1-17-12-4-2-10(3-5-12)13(16)9-14-8-11-6-7-18-15-11/h2-7,13-14,16H,8-9H2,1H3. The van der Waals surface area contributed by atoms with Gasteiger partial charge in [-0.1, -0.05) is 17.3 Å². The normalized spacial score (nSPS) is 12.3. The molecule has 0 saturated carbocycles. The maximum absolute atomic E-state index is 9.97. The van der Waals surface area contributed by atoms with Gasteiger partial charge in [-0.15, -0.1) is 0 Å². The monoisotopic (exact) mass is 248 g/mol. The number of aliphatic hydroxyl groups is 1. The maximum atomic E-state index is 9.97. The highest BCUT2D eigenvalue weighted by molar-refractivity contribution is 5.28. The number of ether oxygens (including phenoxy) is 1. The predicted molar refractivity (Wildman–Crippen MR) is 66.2 cm³/mol. The average molecular weight is 248 g/mol. The van der Waals surface area contributed by atoms with Crippen LogP contribution in [0, 0.1) is 0 Å². The summed E-state index contributed by atoms with van der Waals surface area (Å²) in [6.07, 6.45) is 0.972. The molecule has 0 saturated heterocycles. The third-order valence-electron chi connectivity index (χ3n) is 2.64. The lowest BCUT2D eigenvalue weighted by atomic mass is 10.1. The van der Waals surface area contributed by atoms with Gasteiger partial charge in [0, 0.05) is 19.2 Å². The molecule has 5 heteroatoms. The van der Waals surface area contributed by atoms with Crippen LogP contribution in [0.5, 0.6) is 5.75 Å².